The number of carbonyl (C=O) groups is 1. The third kappa shape index (κ3) is 3.34. The van der Waals surface area contributed by atoms with Crippen molar-refractivity contribution >= 4 is 5.91 Å². The number of rotatable bonds is 5. The predicted octanol–water partition coefficient (Wildman–Crippen LogP) is 0.635. The van der Waals surface area contributed by atoms with Gasteiger partial charge in [0.2, 0.25) is 5.91 Å². The molecule has 1 atom stereocenters. The number of nitriles is 3. The Morgan fingerprint density at radius 3 is 2.65 bits per heavy atom. The summed E-state index contributed by atoms with van der Waals surface area (Å²) >= 11 is 0. The Hall–Kier alpha value is -2.85. The molecule has 0 N–H and O–H groups in total. The van der Waals surface area contributed by atoms with Crippen molar-refractivity contribution in [3.05, 3.63) is 17.7 Å². The molecular formula is C13H14N6O. The van der Waals surface area contributed by atoms with E-state index in [1.54, 1.807) is 17.9 Å². The zero-order chi connectivity index (χ0) is 15.1. The lowest BCUT2D eigenvalue weighted by Crippen LogP contribution is -2.36. The van der Waals surface area contributed by atoms with Crippen LogP contribution >= 0.6 is 0 Å². The lowest BCUT2D eigenvalue weighted by atomic mass is 10.2. The van der Waals surface area contributed by atoms with Gasteiger partial charge < -0.3 is 9.47 Å². The number of carbonyl (C=O) groups excluding carboxylic acids is 1. The summed E-state index contributed by atoms with van der Waals surface area (Å²) in [6, 6.07) is 5.74. The first-order valence-corrected chi connectivity index (χ1v) is 6.10. The van der Waals surface area contributed by atoms with E-state index < -0.39 is 0 Å². The van der Waals surface area contributed by atoms with Crippen LogP contribution in [0.5, 0.6) is 0 Å². The molecule has 0 aliphatic heterocycles. The summed E-state index contributed by atoms with van der Waals surface area (Å²) in [5.74, 6) is -0.472. The summed E-state index contributed by atoms with van der Waals surface area (Å²) in [6.07, 6.45) is 1.30. The number of imidazole rings is 1. The molecule has 0 spiro atoms. The average Bonchev–Trinajstić information content (AvgIpc) is 2.85. The second-order valence-electron chi connectivity index (χ2n) is 4.26. The second-order valence-corrected chi connectivity index (χ2v) is 4.26. The Morgan fingerprint density at radius 1 is 1.45 bits per heavy atom. The van der Waals surface area contributed by atoms with Crippen LogP contribution in [-0.4, -0.2) is 33.4 Å². The van der Waals surface area contributed by atoms with Gasteiger partial charge >= 0.3 is 0 Å². The lowest BCUT2D eigenvalue weighted by molar-refractivity contribution is -0.132. The Balaban J connectivity index is 2.85. The maximum Gasteiger partial charge on any atom is 0.242 e. The van der Waals surface area contributed by atoms with E-state index >= 15 is 0 Å². The monoisotopic (exact) mass is 270 g/mol. The number of aromatic nitrogens is 2. The number of hydrogen-bond donors (Lipinski definition) is 0. The van der Waals surface area contributed by atoms with Crippen molar-refractivity contribution in [1.82, 2.24) is 14.5 Å². The van der Waals surface area contributed by atoms with Crippen LogP contribution in [0.3, 0.4) is 0 Å². The van der Waals surface area contributed by atoms with Gasteiger partial charge in [-0.25, -0.2) is 4.98 Å². The molecule has 1 aromatic rings. The number of likely N-dealkylation sites (N-methyl/N-ethyl adjacent to an activating group) is 1. The van der Waals surface area contributed by atoms with Crippen LogP contribution in [0.1, 0.15) is 25.2 Å². The van der Waals surface area contributed by atoms with Crippen LogP contribution < -0.4 is 0 Å². The van der Waals surface area contributed by atoms with Crippen molar-refractivity contribution in [1.29, 1.82) is 15.8 Å². The third-order valence-electron chi connectivity index (χ3n) is 2.80. The van der Waals surface area contributed by atoms with Crippen LogP contribution in [-0.2, 0) is 11.3 Å². The summed E-state index contributed by atoms with van der Waals surface area (Å²) in [6.45, 7) is 4.31. The Labute approximate surface area is 117 Å². The van der Waals surface area contributed by atoms with Gasteiger partial charge in [0.25, 0.3) is 0 Å². The highest BCUT2D eigenvalue weighted by Gasteiger charge is 2.18. The van der Waals surface area contributed by atoms with Crippen LogP contribution in [0, 0.1) is 39.9 Å². The fourth-order valence-corrected chi connectivity index (χ4v) is 1.73. The number of amides is 1. The van der Waals surface area contributed by atoms with Crippen molar-refractivity contribution in [2.75, 3.05) is 13.1 Å². The van der Waals surface area contributed by atoms with Crippen molar-refractivity contribution in [2.45, 2.75) is 20.4 Å². The van der Waals surface area contributed by atoms with Gasteiger partial charge in [0.1, 0.15) is 18.7 Å². The minimum Gasteiger partial charge on any atom is -0.340 e. The Bertz CT molecular complexity index is 612. The molecule has 0 aliphatic rings. The molecule has 0 aromatic carbocycles. The molecule has 0 saturated heterocycles. The number of hydrogen-bond acceptors (Lipinski definition) is 5. The molecule has 0 saturated carbocycles. The molecule has 0 bridgehead atoms. The highest BCUT2D eigenvalue weighted by atomic mass is 16.2. The molecule has 0 aliphatic carbocycles. The van der Waals surface area contributed by atoms with Crippen molar-refractivity contribution < 1.29 is 4.79 Å². The topological polar surface area (TPSA) is 110 Å². The zero-order valence-electron chi connectivity index (χ0n) is 11.4. The molecule has 1 aromatic heterocycles. The van der Waals surface area contributed by atoms with E-state index in [1.807, 2.05) is 13.0 Å². The van der Waals surface area contributed by atoms with Gasteiger partial charge in [-0.2, -0.15) is 15.8 Å². The van der Waals surface area contributed by atoms with Gasteiger partial charge in [0.15, 0.2) is 11.4 Å². The molecule has 7 heteroatoms. The molecule has 0 unspecified atom stereocenters. The van der Waals surface area contributed by atoms with Crippen molar-refractivity contribution in [2.24, 2.45) is 5.92 Å². The van der Waals surface area contributed by atoms with Crippen molar-refractivity contribution in [3.63, 3.8) is 0 Å². The maximum atomic E-state index is 12.1. The summed E-state index contributed by atoms with van der Waals surface area (Å²) < 4.78 is 1.35. The quantitative estimate of drug-likeness (QED) is 0.779. The van der Waals surface area contributed by atoms with Gasteiger partial charge in [-0.3, -0.25) is 4.79 Å². The van der Waals surface area contributed by atoms with Crippen LogP contribution in [0.15, 0.2) is 6.33 Å². The maximum absolute atomic E-state index is 12.1. The van der Waals surface area contributed by atoms with Gasteiger partial charge in [-0.05, 0) is 13.8 Å². The first-order chi connectivity index (χ1) is 9.57. The molecular weight excluding hydrogens is 256 g/mol. The second kappa shape index (κ2) is 6.92. The average molecular weight is 270 g/mol. The van der Waals surface area contributed by atoms with E-state index in [-0.39, 0.29) is 29.8 Å². The van der Waals surface area contributed by atoms with E-state index in [0.717, 1.165) is 0 Å². The standard InChI is InChI=1S/C13H14N6O/c1-3-18(7-10(2)4-14)13(20)8-19-9-17-11(5-15)12(19)6-16/h9-10H,3,7-8H2,1-2H3/t10-/m0/s1. The summed E-state index contributed by atoms with van der Waals surface area (Å²) in [4.78, 5) is 17.5. The molecule has 20 heavy (non-hydrogen) atoms. The number of nitrogens with zero attached hydrogens (tertiary/aromatic N) is 6. The van der Waals surface area contributed by atoms with E-state index in [4.69, 9.17) is 15.8 Å². The molecule has 1 amide bonds. The molecule has 0 fully saturated rings. The fourth-order valence-electron chi connectivity index (χ4n) is 1.73. The zero-order valence-corrected chi connectivity index (χ0v) is 11.4. The summed E-state index contributed by atoms with van der Waals surface area (Å²) in [5.41, 5.74) is 0.0824. The van der Waals surface area contributed by atoms with E-state index in [9.17, 15) is 4.79 Å². The lowest BCUT2D eigenvalue weighted by Gasteiger charge is -2.22. The minimum absolute atomic E-state index is 0.00809. The molecule has 0 radical (unpaired) electrons. The van der Waals surface area contributed by atoms with E-state index in [2.05, 4.69) is 11.1 Å². The van der Waals surface area contributed by atoms with Crippen LogP contribution in [0.4, 0.5) is 0 Å². The van der Waals surface area contributed by atoms with Gasteiger partial charge in [0, 0.05) is 13.1 Å². The molecule has 1 rings (SSSR count). The van der Waals surface area contributed by atoms with Crippen LogP contribution in [0.2, 0.25) is 0 Å². The normalized spacial score (nSPS) is 10.9. The minimum atomic E-state index is -0.258. The predicted molar refractivity (Wildman–Crippen MR) is 68.7 cm³/mol. The first-order valence-electron chi connectivity index (χ1n) is 6.10. The van der Waals surface area contributed by atoms with Gasteiger partial charge in [0.05, 0.1) is 18.3 Å². The molecule has 1 heterocycles. The van der Waals surface area contributed by atoms with E-state index in [1.165, 1.54) is 10.9 Å². The fraction of sp³-hybridized carbons (Fsp3) is 0.462. The first kappa shape index (κ1) is 15.2. The van der Waals surface area contributed by atoms with Crippen molar-refractivity contribution in [3.8, 4) is 18.2 Å². The highest BCUT2D eigenvalue weighted by molar-refractivity contribution is 5.76. The van der Waals surface area contributed by atoms with Crippen LogP contribution in [0.25, 0.3) is 0 Å². The third-order valence-corrected chi connectivity index (χ3v) is 2.80. The Kier molecular flexibility index (Phi) is 5.26. The largest absolute Gasteiger partial charge is 0.340 e. The summed E-state index contributed by atoms with van der Waals surface area (Å²) in [5, 5.41) is 26.6. The van der Waals surface area contributed by atoms with Gasteiger partial charge in [-0.15, -0.1) is 0 Å². The van der Waals surface area contributed by atoms with Gasteiger partial charge in [-0.1, -0.05) is 0 Å². The Morgan fingerprint density at radius 2 is 2.15 bits per heavy atom. The molecule has 7 nitrogen and oxygen atoms in total. The SMILES string of the molecule is CCN(C[C@@H](C)C#N)C(=O)Cn1cnc(C#N)c1C#N. The smallest absolute Gasteiger partial charge is 0.242 e. The highest BCUT2D eigenvalue weighted by Crippen LogP contribution is 2.07. The van der Waals surface area contributed by atoms with E-state index in [0.29, 0.717) is 13.1 Å². The summed E-state index contributed by atoms with van der Waals surface area (Å²) in [7, 11) is 0. The molecule has 102 valence electrons.